The molecule has 0 spiro atoms. The van der Waals surface area contributed by atoms with Gasteiger partial charge < -0.3 is 15.2 Å². The third-order valence-corrected chi connectivity index (χ3v) is 2.59. The number of unbranched alkanes of at least 4 members (excludes halogenated alkanes) is 1. The van der Waals surface area contributed by atoms with E-state index >= 15 is 0 Å². The first-order valence-electron chi connectivity index (χ1n) is 6.42. The van der Waals surface area contributed by atoms with E-state index in [4.69, 9.17) is 9.84 Å². The first kappa shape index (κ1) is 16.1. The molecule has 0 saturated heterocycles. The average molecular weight is 283 g/mol. The number of hydrogen-bond donors (Lipinski definition) is 2. The summed E-state index contributed by atoms with van der Waals surface area (Å²) in [4.78, 5) is 22.1. The Hall–Kier alpha value is -1.95. The van der Waals surface area contributed by atoms with Crippen molar-refractivity contribution in [3.63, 3.8) is 0 Å². The summed E-state index contributed by atoms with van der Waals surface area (Å²) in [5.74, 6) is -2.32. The number of nitrogens with one attached hydrogen (secondary N) is 1. The van der Waals surface area contributed by atoms with Crippen molar-refractivity contribution in [2.45, 2.75) is 26.3 Å². The van der Waals surface area contributed by atoms with Crippen LogP contribution in [-0.2, 0) is 16.1 Å². The fourth-order valence-corrected chi connectivity index (χ4v) is 1.54. The van der Waals surface area contributed by atoms with Gasteiger partial charge >= 0.3 is 11.9 Å². The van der Waals surface area contributed by atoms with Crippen LogP contribution < -0.4 is 5.32 Å². The van der Waals surface area contributed by atoms with Gasteiger partial charge in [-0.1, -0.05) is 19.4 Å². The van der Waals surface area contributed by atoms with E-state index in [0.29, 0.717) is 5.56 Å². The third kappa shape index (κ3) is 5.36. The molecule has 1 aromatic carbocycles. The van der Waals surface area contributed by atoms with Gasteiger partial charge in [-0.15, -0.1) is 0 Å². The predicted octanol–water partition coefficient (Wildman–Crippen LogP) is 1.96. The molecule has 1 rings (SSSR count). The van der Waals surface area contributed by atoms with Gasteiger partial charge in [-0.25, -0.2) is 9.18 Å². The zero-order valence-electron chi connectivity index (χ0n) is 11.3. The van der Waals surface area contributed by atoms with Crippen LogP contribution in [0, 0.1) is 5.82 Å². The van der Waals surface area contributed by atoms with E-state index < -0.39 is 17.8 Å². The summed E-state index contributed by atoms with van der Waals surface area (Å²) in [6.07, 6.45) is 1.61. The lowest BCUT2D eigenvalue weighted by Gasteiger charge is -2.08. The van der Waals surface area contributed by atoms with Crippen LogP contribution >= 0.6 is 0 Å². The lowest BCUT2D eigenvalue weighted by atomic mass is 10.1. The number of carboxylic acids is 1. The van der Waals surface area contributed by atoms with Gasteiger partial charge in [0.15, 0.2) is 0 Å². The second-order valence-electron chi connectivity index (χ2n) is 4.30. The number of carbonyl (C=O) groups excluding carboxylic acids is 1. The van der Waals surface area contributed by atoms with Gasteiger partial charge in [0.25, 0.3) is 0 Å². The Morgan fingerprint density at radius 1 is 1.40 bits per heavy atom. The summed E-state index contributed by atoms with van der Waals surface area (Å²) in [6.45, 7) is 2.26. The molecule has 0 aliphatic heterocycles. The van der Waals surface area contributed by atoms with Gasteiger partial charge in [0, 0.05) is 6.54 Å². The molecule has 1 aromatic rings. The Morgan fingerprint density at radius 3 is 2.80 bits per heavy atom. The van der Waals surface area contributed by atoms with Gasteiger partial charge in [-0.05, 0) is 24.1 Å². The Balaban J connectivity index is 2.65. The molecule has 0 fully saturated rings. The number of aliphatic carboxylic acids is 1. The fourth-order valence-electron chi connectivity index (χ4n) is 1.54. The number of rotatable bonds is 8. The van der Waals surface area contributed by atoms with Gasteiger partial charge in [0.2, 0.25) is 0 Å². The maximum Gasteiger partial charge on any atom is 0.341 e. The maximum absolute atomic E-state index is 13.6. The first-order valence-corrected chi connectivity index (χ1v) is 6.42. The highest BCUT2D eigenvalue weighted by atomic mass is 19.1. The minimum atomic E-state index is -0.980. The van der Waals surface area contributed by atoms with E-state index in [9.17, 15) is 14.0 Å². The van der Waals surface area contributed by atoms with Crippen molar-refractivity contribution in [3.8, 4) is 0 Å². The normalized spacial score (nSPS) is 10.3. The molecular weight excluding hydrogens is 265 g/mol. The minimum Gasteiger partial charge on any atom is -0.480 e. The highest BCUT2D eigenvalue weighted by Crippen LogP contribution is 2.12. The largest absolute Gasteiger partial charge is 0.480 e. The van der Waals surface area contributed by atoms with Crippen LogP contribution in [0.2, 0.25) is 0 Å². The molecule has 0 heterocycles. The number of carboxylic acid groups (broad SMARTS) is 1. The van der Waals surface area contributed by atoms with Crippen LogP contribution in [0.25, 0.3) is 0 Å². The van der Waals surface area contributed by atoms with Crippen LogP contribution in [0.3, 0.4) is 0 Å². The SMILES string of the molecule is CCCCOC(=O)c1cc(CNCC(=O)O)ccc1F. The maximum atomic E-state index is 13.6. The molecule has 0 radical (unpaired) electrons. The van der Waals surface area contributed by atoms with Crippen LogP contribution in [0.4, 0.5) is 4.39 Å². The van der Waals surface area contributed by atoms with E-state index in [-0.39, 0.29) is 25.3 Å². The summed E-state index contributed by atoms with van der Waals surface area (Å²) >= 11 is 0. The average Bonchev–Trinajstić information content (AvgIpc) is 2.40. The van der Waals surface area contributed by atoms with E-state index in [1.807, 2.05) is 6.92 Å². The number of esters is 1. The molecule has 0 aromatic heterocycles. The molecular formula is C14H18FNO4. The molecule has 6 heteroatoms. The number of carbonyl (C=O) groups is 2. The van der Waals surface area contributed by atoms with Crippen molar-refractivity contribution < 1.29 is 23.8 Å². The molecule has 2 N–H and O–H groups in total. The van der Waals surface area contributed by atoms with Crippen molar-refractivity contribution in [3.05, 3.63) is 35.1 Å². The number of halogens is 1. The Bertz CT molecular complexity index is 476. The number of benzene rings is 1. The third-order valence-electron chi connectivity index (χ3n) is 2.59. The summed E-state index contributed by atoms with van der Waals surface area (Å²) in [7, 11) is 0. The van der Waals surface area contributed by atoms with Gasteiger partial charge in [0.05, 0.1) is 18.7 Å². The van der Waals surface area contributed by atoms with Crippen LogP contribution in [-0.4, -0.2) is 30.2 Å². The topological polar surface area (TPSA) is 75.6 Å². The molecule has 20 heavy (non-hydrogen) atoms. The summed E-state index contributed by atoms with van der Waals surface area (Å²) < 4.78 is 18.5. The monoisotopic (exact) mass is 283 g/mol. The van der Waals surface area contributed by atoms with Crippen molar-refractivity contribution >= 4 is 11.9 Å². The van der Waals surface area contributed by atoms with Crippen LogP contribution in [0.15, 0.2) is 18.2 Å². The molecule has 110 valence electrons. The van der Waals surface area contributed by atoms with Crippen molar-refractivity contribution in [2.24, 2.45) is 0 Å². The predicted molar refractivity (Wildman–Crippen MR) is 70.9 cm³/mol. The quantitative estimate of drug-likeness (QED) is 0.563. The van der Waals surface area contributed by atoms with E-state index in [0.717, 1.165) is 12.8 Å². The van der Waals surface area contributed by atoms with Gasteiger partial charge in [-0.2, -0.15) is 0 Å². The standard InChI is InChI=1S/C14H18FNO4/c1-2-3-6-20-14(19)11-7-10(4-5-12(11)15)8-16-9-13(17)18/h4-5,7,16H,2-3,6,8-9H2,1H3,(H,17,18). The van der Waals surface area contributed by atoms with Crippen molar-refractivity contribution in [2.75, 3.05) is 13.2 Å². The molecule has 0 saturated carbocycles. The molecule has 0 amide bonds. The molecule has 0 atom stereocenters. The van der Waals surface area contributed by atoms with Gasteiger partial charge in [0.1, 0.15) is 5.82 Å². The smallest absolute Gasteiger partial charge is 0.341 e. The lowest BCUT2D eigenvalue weighted by molar-refractivity contribution is -0.136. The Morgan fingerprint density at radius 2 is 2.15 bits per heavy atom. The Labute approximate surface area is 116 Å². The zero-order chi connectivity index (χ0) is 15.0. The van der Waals surface area contributed by atoms with Crippen LogP contribution in [0.1, 0.15) is 35.7 Å². The highest BCUT2D eigenvalue weighted by molar-refractivity contribution is 5.89. The first-order chi connectivity index (χ1) is 9.54. The molecule has 0 aliphatic rings. The van der Waals surface area contributed by atoms with Crippen LogP contribution in [0.5, 0.6) is 0 Å². The van der Waals surface area contributed by atoms with E-state index in [1.165, 1.54) is 18.2 Å². The molecule has 0 bridgehead atoms. The van der Waals surface area contributed by atoms with E-state index in [2.05, 4.69) is 5.32 Å². The summed E-state index contributed by atoms with van der Waals surface area (Å²) in [6, 6.07) is 4.04. The summed E-state index contributed by atoms with van der Waals surface area (Å²) in [5, 5.41) is 11.2. The van der Waals surface area contributed by atoms with Crippen molar-refractivity contribution in [1.82, 2.24) is 5.32 Å². The molecule has 0 aliphatic carbocycles. The summed E-state index contributed by atoms with van der Waals surface area (Å²) in [5.41, 5.74) is 0.491. The van der Waals surface area contributed by atoms with Crippen molar-refractivity contribution in [1.29, 1.82) is 0 Å². The molecule has 0 unspecified atom stereocenters. The number of hydrogen-bond acceptors (Lipinski definition) is 4. The van der Waals surface area contributed by atoms with Gasteiger partial charge in [-0.3, -0.25) is 4.79 Å². The Kier molecular flexibility index (Phi) is 6.66. The highest BCUT2D eigenvalue weighted by Gasteiger charge is 2.13. The second-order valence-corrected chi connectivity index (χ2v) is 4.30. The molecule has 5 nitrogen and oxygen atoms in total. The minimum absolute atomic E-state index is 0.129. The fraction of sp³-hybridized carbons (Fsp3) is 0.429. The lowest BCUT2D eigenvalue weighted by Crippen LogP contribution is -2.22. The van der Waals surface area contributed by atoms with E-state index in [1.54, 1.807) is 0 Å². The second kappa shape index (κ2) is 8.27. The zero-order valence-corrected chi connectivity index (χ0v) is 11.3. The number of ether oxygens (including phenoxy) is 1.